The molecule has 0 spiro atoms. The molecule has 0 aromatic carbocycles. The second-order valence-corrected chi connectivity index (χ2v) is 22.6. The summed E-state index contributed by atoms with van der Waals surface area (Å²) in [7, 11) is 1.47. The lowest BCUT2D eigenvalue weighted by molar-refractivity contribution is -0.870. The molecule has 3 unspecified atom stereocenters. The van der Waals surface area contributed by atoms with Gasteiger partial charge in [-0.1, -0.05) is 216 Å². The molecule has 0 aliphatic carbocycles. The van der Waals surface area contributed by atoms with Crippen LogP contribution < -0.4 is 5.32 Å². The van der Waals surface area contributed by atoms with E-state index >= 15 is 0 Å². The standard InChI is InChI=1S/C62H113N2O7P/c1-7-10-13-16-19-22-25-28-30-31-32-33-35-37-40-43-46-49-52-55-62(66)71-60(53-50-47-44-41-38-27-24-21-18-15-12-9-3)59(58-70-72(67,68)69-57-56-64(4,5)6)63-61(65)54-51-48-45-42-39-36-34-29-26-23-20-17-14-11-8-2/h19,22-23,26,28,30,32-33,37,40,50,53,59-60H,7-18,20-21,24-25,27,29,31,34-36,38-39,41-49,51-52,54-58H2,1-6H3,(H-,63,65,67,68)/p+1/b22-19-,26-23-,30-28-,33-32-,40-37-,53-50+. The number of unbranched alkanes of at least 4 members (excludes halogenated alkanes) is 27. The molecule has 0 aromatic heterocycles. The first-order valence-electron chi connectivity index (χ1n) is 29.8. The Labute approximate surface area is 444 Å². The Hall–Kier alpha value is -2.55. The Kier molecular flexibility index (Phi) is 50.1. The molecule has 1 amide bonds. The lowest BCUT2D eigenvalue weighted by Gasteiger charge is -2.27. The van der Waals surface area contributed by atoms with E-state index < -0.39 is 20.0 Å². The van der Waals surface area contributed by atoms with Crippen LogP contribution in [0.5, 0.6) is 0 Å². The third kappa shape index (κ3) is 52.3. The maximum Gasteiger partial charge on any atom is 0.472 e. The van der Waals surface area contributed by atoms with Crippen LogP contribution in [0.4, 0.5) is 0 Å². The smallest absolute Gasteiger partial charge is 0.456 e. The van der Waals surface area contributed by atoms with Crippen LogP contribution in [0.15, 0.2) is 72.9 Å². The highest BCUT2D eigenvalue weighted by Gasteiger charge is 2.30. The maximum absolute atomic E-state index is 13.5. The van der Waals surface area contributed by atoms with E-state index in [0.29, 0.717) is 23.9 Å². The molecule has 72 heavy (non-hydrogen) atoms. The van der Waals surface area contributed by atoms with Gasteiger partial charge < -0.3 is 19.4 Å². The van der Waals surface area contributed by atoms with Gasteiger partial charge in [0, 0.05) is 12.8 Å². The van der Waals surface area contributed by atoms with Crippen LogP contribution >= 0.6 is 7.82 Å². The molecule has 0 aliphatic heterocycles. The van der Waals surface area contributed by atoms with Gasteiger partial charge in [0.15, 0.2) is 0 Å². The van der Waals surface area contributed by atoms with Crippen molar-refractivity contribution in [2.75, 3.05) is 40.9 Å². The molecular formula is C62H114N2O7P+. The number of carbonyl (C=O) groups is 2. The van der Waals surface area contributed by atoms with E-state index in [-0.39, 0.29) is 31.5 Å². The van der Waals surface area contributed by atoms with E-state index in [1.54, 1.807) is 0 Å². The van der Waals surface area contributed by atoms with Gasteiger partial charge in [0.1, 0.15) is 19.3 Å². The number of phosphoric ester groups is 1. The minimum atomic E-state index is -4.46. The topological polar surface area (TPSA) is 111 Å². The lowest BCUT2D eigenvalue weighted by Crippen LogP contribution is -2.47. The molecule has 0 fully saturated rings. The van der Waals surface area contributed by atoms with Crippen molar-refractivity contribution >= 4 is 19.7 Å². The van der Waals surface area contributed by atoms with Crippen LogP contribution in [0.2, 0.25) is 0 Å². The van der Waals surface area contributed by atoms with Crippen LogP contribution in [0, 0.1) is 0 Å². The van der Waals surface area contributed by atoms with E-state index in [2.05, 4.69) is 86.8 Å². The quantitative estimate of drug-likeness (QED) is 0.0205. The Morgan fingerprint density at radius 3 is 1.33 bits per heavy atom. The Balaban J connectivity index is 5.38. The highest BCUT2D eigenvalue weighted by atomic mass is 31.2. The van der Waals surface area contributed by atoms with Crippen molar-refractivity contribution in [3.63, 3.8) is 0 Å². The van der Waals surface area contributed by atoms with Gasteiger partial charge in [0.05, 0.1) is 33.8 Å². The molecule has 2 N–H and O–H groups in total. The number of quaternary nitrogens is 1. The van der Waals surface area contributed by atoms with Crippen molar-refractivity contribution in [2.45, 2.75) is 270 Å². The van der Waals surface area contributed by atoms with Crippen LogP contribution in [0.25, 0.3) is 0 Å². The molecular weight excluding hydrogens is 916 g/mol. The molecule has 3 atom stereocenters. The number of nitrogens with one attached hydrogen (secondary N) is 1. The summed E-state index contributed by atoms with van der Waals surface area (Å²) in [5.41, 5.74) is 0. The molecule has 9 nitrogen and oxygen atoms in total. The Morgan fingerprint density at radius 1 is 0.486 bits per heavy atom. The summed E-state index contributed by atoms with van der Waals surface area (Å²) in [5.74, 6) is -0.546. The maximum atomic E-state index is 13.5. The average Bonchev–Trinajstić information content (AvgIpc) is 3.34. The summed E-state index contributed by atoms with van der Waals surface area (Å²) < 4.78 is 30.6. The summed E-state index contributed by atoms with van der Waals surface area (Å²) in [4.78, 5) is 37.6. The molecule has 0 heterocycles. The molecule has 0 saturated heterocycles. The fourth-order valence-corrected chi connectivity index (χ4v) is 8.95. The van der Waals surface area contributed by atoms with Crippen molar-refractivity contribution in [2.24, 2.45) is 0 Å². The monoisotopic (exact) mass is 1030 g/mol. The molecule has 0 saturated carbocycles. The number of hydrogen-bond donors (Lipinski definition) is 2. The summed E-state index contributed by atoms with van der Waals surface area (Å²) >= 11 is 0. The number of amides is 1. The number of esters is 1. The van der Waals surface area contributed by atoms with E-state index in [1.165, 1.54) is 128 Å². The van der Waals surface area contributed by atoms with E-state index in [9.17, 15) is 19.0 Å². The molecule has 0 aromatic rings. The van der Waals surface area contributed by atoms with E-state index in [1.807, 2.05) is 33.3 Å². The summed E-state index contributed by atoms with van der Waals surface area (Å²) in [5, 5.41) is 3.04. The Morgan fingerprint density at radius 2 is 0.847 bits per heavy atom. The fourth-order valence-electron chi connectivity index (χ4n) is 8.21. The van der Waals surface area contributed by atoms with Crippen LogP contribution in [0.1, 0.15) is 258 Å². The largest absolute Gasteiger partial charge is 0.472 e. The van der Waals surface area contributed by atoms with Crippen molar-refractivity contribution in [3.05, 3.63) is 72.9 Å². The highest BCUT2D eigenvalue weighted by Crippen LogP contribution is 2.43. The van der Waals surface area contributed by atoms with Crippen molar-refractivity contribution in [1.82, 2.24) is 5.32 Å². The second-order valence-electron chi connectivity index (χ2n) is 21.2. The van der Waals surface area contributed by atoms with Gasteiger partial charge in [0.2, 0.25) is 5.91 Å². The predicted molar refractivity (Wildman–Crippen MR) is 309 cm³/mol. The van der Waals surface area contributed by atoms with Crippen LogP contribution in [-0.4, -0.2) is 74.3 Å². The lowest BCUT2D eigenvalue weighted by atomic mass is 10.0. The second kappa shape index (κ2) is 51.9. The summed E-state index contributed by atoms with van der Waals surface area (Å²) in [6.45, 7) is 6.94. The van der Waals surface area contributed by atoms with Crippen molar-refractivity contribution < 1.29 is 37.3 Å². The van der Waals surface area contributed by atoms with Gasteiger partial charge in [-0.25, -0.2) is 4.57 Å². The SMILES string of the molecule is CCCCC/C=C\C/C=C\C/C=C\C/C=C\CCCCCC(=O)OC(/C=C/CCCCCCCCCCCC)C(COP(=O)(O)OCC[N+](C)(C)C)NC(=O)CCCCCCCCC/C=C\CCCCCC. The van der Waals surface area contributed by atoms with Gasteiger partial charge >= 0.3 is 13.8 Å². The third-order valence-corrected chi connectivity index (χ3v) is 13.9. The molecule has 0 aliphatic rings. The van der Waals surface area contributed by atoms with Gasteiger partial charge in [0.25, 0.3) is 0 Å². The minimum absolute atomic E-state index is 0.0319. The fraction of sp³-hybridized carbons (Fsp3) is 0.774. The number of nitrogens with zero attached hydrogens (tertiary/aromatic N) is 1. The number of carbonyl (C=O) groups excluding carboxylic acids is 2. The van der Waals surface area contributed by atoms with Crippen molar-refractivity contribution in [1.29, 1.82) is 0 Å². The number of rotatable bonds is 53. The van der Waals surface area contributed by atoms with Gasteiger partial charge in [-0.05, 0) is 102 Å². The first-order chi connectivity index (χ1) is 34.9. The van der Waals surface area contributed by atoms with E-state index in [4.69, 9.17) is 13.8 Å². The minimum Gasteiger partial charge on any atom is -0.456 e. The first kappa shape index (κ1) is 69.5. The van der Waals surface area contributed by atoms with Gasteiger partial charge in [-0.2, -0.15) is 0 Å². The van der Waals surface area contributed by atoms with Gasteiger partial charge in [-0.3, -0.25) is 18.6 Å². The molecule has 418 valence electrons. The zero-order valence-corrected chi connectivity index (χ0v) is 48.6. The number of phosphoric acid groups is 1. The summed E-state index contributed by atoms with van der Waals surface area (Å²) in [6, 6.07) is -0.865. The highest BCUT2D eigenvalue weighted by molar-refractivity contribution is 7.47. The average molecular weight is 1030 g/mol. The third-order valence-electron chi connectivity index (χ3n) is 12.9. The van der Waals surface area contributed by atoms with Crippen LogP contribution in [0.3, 0.4) is 0 Å². The normalized spacial score (nSPS) is 14.3. The van der Waals surface area contributed by atoms with E-state index in [0.717, 1.165) is 89.9 Å². The molecule has 0 radical (unpaired) electrons. The number of hydrogen-bond acceptors (Lipinski definition) is 6. The zero-order chi connectivity index (χ0) is 52.9. The zero-order valence-electron chi connectivity index (χ0n) is 47.7. The van der Waals surface area contributed by atoms with Crippen molar-refractivity contribution in [3.8, 4) is 0 Å². The number of likely N-dealkylation sites (N-methyl/N-ethyl adjacent to an activating group) is 1. The predicted octanol–water partition coefficient (Wildman–Crippen LogP) is 18.1. The molecule has 0 bridgehead atoms. The summed E-state index contributed by atoms with van der Waals surface area (Å²) in [6.07, 6.45) is 66.0. The first-order valence-corrected chi connectivity index (χ1v) is 31.3. The molecule has 0 rings (SSSR count). The van der Waals surface area contributed by atoms with Gasteiger partial charge in [-0.15, -0.1) is 0 Å². The van der Waals surface area contributed by atoms with Crippen LogP contribution in [-0.2, 0) is 27.9 Å². The number of allylic oxidation sites excluding steroid dienone is 11. The Bertz CT molecular complexity index is 1460. The number of ether oxygens (including phenoxy) is 1. The molecule has 10 heteroatoms.